The van der Waals surface area contributed by atoms with Crippen LogP contribution in [0.5, 0.6) is 11.5 Å². The third-order valence-corrected chi connectivity index (χ3v) is 3.90. The highest BCUT2D eigenvalue weighted by Gasteiger charge is 2.14. The van der Waals surface area contributed by atoms with Crippen molar-refractivity contribution in [1.82, 2.24) is 14.7 Å². The largest absolute Gasteiger partial charge is 0.497 e. The lowest BCUT2D eigenvalue weighted by Gasteiger charge is -2.12. The van der Waals surface area contributed by atoms with E-state index in [0.29, 0.717) is 17.4 Å². The van der Waals surface area contributed by atoms with Crippen molar-refractivity contribution in [1.29, 1.82) is 0 Å². The molecule has 1 saturated heterocycles. The van der Waals surface area contributed by atoms with E-state index in [0.717, 1.165) is 24.6 Å². The zero-order valence-corrected chi connectivity index (χ0v) is 13.3. The van der Waals surface area contributed by atoms with Gasteiger partial charge in [-0.15, -0.1) is 5.10 Å². The SMILES string of the molecule is COc1ccc(OCc2nn(CN3CCCC3)c(=S)o2)cc1. The molecule has 0 aliphatic carbocycles. The van der Waals surface area contributed by atoms with E-state index in [1.165, 1.54) is 12.8 Å². The van der Waals surface area contributed by atoms with Crippen molar-refractivity contribution in [2.75, 3.05) is 20.2 Å². The molecular weight excluding hydrogens is 302 g/mol. The van der Waals surface area contributed by atoms with Gasteiger partial charge in [-0.05, 0) is 62.4 Å². The third-order valence-electron chi connectivity index (χ3n) is 3.60. The number of hydrogen-bond donors (Lipinski definition) is 0. The van der Waals surface area contributed by atoms with E-state index in [1.54, 1.807) is 11.8 Å². The van der Waals surface area contributed by atoms with Crippen molar-refractivity contribution < 1.29 is 13.9 Å². The molecule has 2 heterocycles. The smallest absolute Gasteiger partial charge is 0.288 e. The minimum atomic E-state index is 0.253. The monoisotopic (exact) mass is 321 g/mol. The average Bonchev–Trinajstić information content (AvgIpc) is 3.17. The fourth-order valence-corrected chi connectivity index (χ4v) is 2.62. The fourth-order valence-electron chi connectivity index (χ4n) is 2.43. The van der Waals surface area contributed by atoms with E-state index in [4.69, 9.17) is 26.1 Å². The van der Waals surface area contributed by atoms with Gasteiger partial charge >= 0.3 is 0 Å². The van der Waals surface area contributed by atoms with Crippen LogP contribution in [-0.4, -0.2) is 34.9 Å². The van der Waals surface area contributed by atoms with Crippen LogP contribution >= 0.6 is 12.2 Å². The summed E-state index contributed by atoms with van der Waals surface area (Å²) in [7, 11) is 1.63. The van der Waals surface area contributed by atoms with Gasteiger partial charge in [0, 0.05) is 0 Å². The summed E-state index contributed by atoms with van der Waals surface area (Å²) in [4.78, 5) is 2.70. The van der Waals surface area contributed by atoms with Crippen LogP contribution in [0, 0.1) is 4.84 Å². The first kappa shape index (κ1) is 15.1. The van der Waals surface area contributed by atoms with E-state index >= 15 is 0 Å². The van der Waals surface area contributed by atoms with Gasteiger partial charge in [0.15, 0.2) is 6.61 Å². The number of methoxy groups -OCH3 is 1. The lowest BCUT2D eigenvalue weighted by molar-refractivity contribution is 0.249. The highest BCUT2D eigenvalue weighted by molar-refractivity contribution is 7.71. The Balaban J connectivity index is 1.59. The van der Waals surface area contributed by atoms with Crippen LogP contribution in [-0.2, 0) is 13.3 Å². The predicted molar refractivity (Wildman–Crippen MR) is 83.5 cm³/mol. The lowest BCUT2D eigenvalue weighted by Crippen LogP contribution is -2.23. The number of rotatable bonds is 6. The molecule has 0 atom stereocenters. The van der Waals surface area contributed by atoms with E-state index in [9.17, 15) is 0 Å². The van der Waals surface area contributed by atoms with Crippen LogP contribution in [0.1, 0.15) is 18.7 Å². The standard InChI is InChI=1S/C15H19N3O3S/c1-19-12-4-6-13(7-5-12)20-10-14-16-18(15(22)21-14)11-17-8-2-3-9-17/h4-7H,2-3,8-11H2,1H3. The summed E-state index contributed by atoms with van der Waals surface area (Å²) in [6.45, 7) is 3.12. The normalized spacial score (nSPS) is 15.1. The molecular formula is C15H19N3O3S. The van der Waals surface area contributed by atoms with E-state index < -0.39 is 0 Å². The number of hydrogen-bond acceptors (Lipinski definition) is 6. The maximum Gasteiger partial charge on any atom is 0.288 e. The number of nitrogens with zero attached hydrogens (tertiary/aromatic N) is 3. The summed E-state index contributed by atoms with van der Waals surface area (Å²) in [6, 6.07) is 7.37. The Morgan fingerprint density at radius 3 is 2.55 bits per heavy atom. The summed E-state index contributed by atoms with van der Waals surface area (Å²) >= 11 is 5.21. The van der Waals surface area contributed by atoms with E-state index in [2.05, 4.69) is 10.00 Å². The van der Waals surface area contributed by atoms with E-state index in [1.807, 2.05) is 24.3 Å². The third kappa shape index (κ3) is 3.66. The Morgan fingerprint density at radius 1 is 1.18 bits per heavy atom. The van der Waals surface area contributed by atoms with Crippen molar-refractivity contribution >= 4 is 12.2 Å². The van der Waals surface area contributed by atoms with Crippen molar-refractivity contribution in [3.8, 4) is 11.5 Å². The fraction of sp³-hybridized carbons (Fsp3) is 0.467. The van der Waals surface area contributed by atoms with Gasteiger partial charge in [0.05, 0.1) is 13.8 Å². The van der Waals surface area contributed by atoms with Gasteiger partial charge in [-0.25, -0.2) is 4.68 Å². The number of likely N-dealkylation sites (tertiary alicyclic amines) is 1. The molecule has 7 heteroatoms. The maximum absolute atomic E-state index is 5.64. The molecule has 1 aromatic carbocycles. The van der Waals surface area contributed by atoms with Gasteiger partial charge in [-0.2, -0.15) is 0 Å². The first-order chi connectivity index (χ1) is 10.7. The minimum absolute atomic E-state index is 0.253. The Labute approximate surface area is 134 Å². The quantitative estimate of drug-likeness (QED) is 0.763. The maximum atomic E-state index is 5.64. The molecule has 0 spiro atoms. The van der Waals surface area contributed by atoms with Gasteiger partial charge in [0.1, 0.15) is 11.5 Å². The topological polar surface area (TPSA) is 52.7 Å². The summed E-state index contributed by atoms with van der Waals surface area (Å²) < 4.78 is 17.9. The number of ether oxygens (including phenoxy) is 2. The van der Waals surface area contributed by atoms with Gasteiger partial charge in [0.25, 0.3) is 10.7 Å². The number of benzene rings is 1. The summed E-state index contributed by atoms with van der Waals surface area (Å²) in [5.41, 5.74) is 0. The molecule has 0 bridgehead atoms. The van der Waals surface area contributed by atoms with Crippen LogP contribution in [0.25, 0.3) is 0 Å². The molecule has 0 saturated carbocycles. The molecule has 2 aromatic rings. The number of aromatic nitrogens is 2. The van der Waals surface area contributed by atoms with Gasteiger partial charge < -0.3 is 13.9 Å². The first-order valence-electron chi connectivity index (χ1n) is 7.30. The van der Waals surface area contributed by atoms with Crippen molar-refractivity contribution in [3.05, 3.63) is 35.0 Å². The van der Waals surface area contributed by atoms with Crippen LogP contribution in [0.2, 0.25) is 0 Å². The van der Waals surface area contributed by atoms with Gasteiger partial charge in [0.2, 0.25) is 0 Å². The Hall–Kier alpha value is -1.86. The Morgan fingerprint density at radius 2 is 1.86 bits per heavy atom. The molecule has 1 fully saturated rings. The van der Waals surface area contributed by atoms with Crippen LogP contribution < -0.4 is 9.47 Å². The second-order valence-electron chi connectivity index (χ2n) is 5.19. The molecule has 0 radical (unpaired) electrons. The van der Waals surface area contributed by atoms with Crippen molar-refractivity contribution in [2.45, 2.75) is 26.1 Å². The molecule has 118 valence electrons. The molecule has 6 nitrogen and oxygen atoms in total. The molecule has 3 rings (SSSR count). The average molecular weight is 321 g/mol. The zero-order chi connectivity index (χ0) is 15.4. The first-order valence-corrected chi connectivity index (χ1v) is 7.71. The minimum Gasteiger partial charge on any atom is -0.497 e. The van der Waals surface area contributed by atoms with Crippen molar-refractivity contribution in [2.24, 2.45) is 0 Å². The molecule has 0 amide bonds. The second kappa shape index (κ2) is 6.93. The zero-order valence-electron chi connectivity index (χ0n) is 12.5. The molecule has 1 aromatic heterocycles. The van der Waals surface area contributed by atoms with Gasteiger partial charge in [-0.3, -0.25) is 4.90 Å². The summed E-state index contributed by atoms with van der Waals surface area (Å²) in [5, 5.41) is 4.38. The molecule has 1 aliphatic rings. The molecule has 0 unspecified atom stereocenters. The Bertz CT molecular complexity index is 659. The Kier molecular flexibility index (Phi) is 4.74. The van der Waals surface area contributed by atoms with Crippen LogP contribution in [0.4, 0.5) is 0 Å². The lowest BCUT2D eigenvalue weighted by atomic mass is 10.3. The second-order valence-corrected chi connectivity index (χ2v) is 5.54. The molecule has 1 aliphatic heterocycles. The summed E-state index contributed by atoms with van der Waals surface area (Å²) in [5.74, 6) is 2.01. The van der Waals surface area contributed by atoms with Crippen LogP contribution in [0.15, 0.2) is 28.7 Å². The van der Waals surface area contributed by atoms with Gasteiger partial charge in [-0.1, -0.05) is 0 Å². The van der Waals surface area contributed by atoms with Crippen LogP contribution in [0.3, 0.4) is 0 Å². The predicted octanol–water partition coefficient (Wildman–Crippen LogP) is 2.85. The highest BCUT2D eigenvalue weighted by Crippen LogP contribution is 2.18. The summed E-state index contributed by atoms with van der Waals surface area (Å²) in [6.07, 6.45) is 2.47. The molecule has 22 heavy (non-hydrogen) atoms. The molecule has 0 N–H and O–H groups in total. The highest BCUT2D eigenvalue weighted by atomic mass is 32.1. The van der Waals surface area contributed by atoms with E-state index in [-0.39, 0.29) is 6.61 Å². The van der Waals surface area contributed by atoms with Crippen molar-refractivity contribution in [3.63, 3.8) is 0 Å².